The van der Waals surface area contributed by atoms with Gasteiger partial charge in [0.05, 0.1) is 0 Å². The molecular formula is C14H16ClF2NO. The number of alkyl halides is 2. The molecule has 0 aliphatic heterocycles. The van der Waals surface area contributed by atoms with E-state index in [9.17, 15) is 8.78 Å². The summed E-state index contributed by atoms with van der Waals surface area (Å²) in [4.78, 5) is 0. The molecule has 0 fully saturated rings. The summed E-state index contributed by atoms with van der Waals surface area (Å²) in [6, 6.07) is 5.06. The Balaban J connectivity index is 2.00. The lowest BCUT2D eigenvalue weighted by molar-refractivity contribution is -0.0505. The number of ether oxygens (including phenoxy) is 1. The van der Waals surface area contributed by atoms with Crippen LogP contribution in [-0.2, 0) is 6.54 Å². The van der Waals surface area contributed by atoms with Crippen LogP contribution in [0.4, 0.5) is 8.78 Å². The van der Waals surface area contributed by atoms with Gasteiger partial charge in [0.15, 0.2) is 0 Å². The van der Waals surface area contributed by atoms with E-state index in [2.05, 4.69) is 22.2 Å². The zero-order valence-corrected chi connectivity index (χ0v) is 11.2. The maximum atomic E-state index is 12.3. The summed E-state index contributed by atoms with van der Waals surface area (Å²) in [6.45, 7) is -2.35. The fourth-order valence-electron chi connectivity index (χ4n) is 2.13. The quantitative estimate of drug-likeness (QED) is 0.822. The van der Waals surface area contributed by atoms with Gasteiger partial charge in [-0.3, -0.25) is 0 Å². The molecule has 1 aliphatic carbocycles. The number of hydrogen-bond acceptors (Lipinski definition) is 2. The maximum absolute atomic E-state index is 12.3. The van der Waals surface area contributed by atoms with Crippen molar-refractivity contribution < 1.29 is 13.5 Å². The van der Waals surface area contributed by atoms with Crippen LogP contribution in [-0.4, -0.2) is 12.7 Å². The van der Waals surface area contributed by atoms with Crippen molar-refractivity contribution in [3.05, 3.63) is 40.9 Å². The van der Waals surface area contributed by atoms with Gasteiger partial charge in [-0.15, -0.1) is 0 Å². The molecule has 2 nitrogen and oxygen atoms in total. The van der Waals surface area contributed by atoms with E-state index in [1.165, 1.54) is 6.07 Å². The number of allylic oxidation sites excluding steroid dienone is 1. The normalized spacial score (nSPS) is 18.8. The largest absolute Gasteiger partial charge is 0.434 e. The first-order valence-electron chi connectivity index (χ1n) is 6.27. The fraction of sp³-hybridized carbons (Fsp3) is 0.429. The highest BCUT2D eigenvalue weighted by Gasteiger charge is 2.13. The molecule has 0 heterocycles. The van der Waals surface area contributed by atoms with E-state index in [1.54, 1.807) is 12.1 Å². The van der Waals surface area contributed by atoms with Crippen molar-refractivity contribution in [3.8, 4) is 5.75 Å². The molecule has 1 atom stereocenters. The Morgan fingerprint density at radius 3 is 2.89 bits per heavy atom. The van der Waals surface area contributed by atoms with Crippen molar-refractivity contribution in [1.82, 2.24) is 5.32 Å². The molecule has 0 aromatic heterocycles. The lowest BCUT2D eigenvalue weighted by Crippen LogP contribution is -2.29. The van der Waals surface area contributed by atoms with Crippen molar-refractivity contribution in [3.63, 3.8) is 0 Å². The molecule has 0 saturated carbocycles. The third-order valence-electron chi connectivity index (χ3n) is 3.09. The average molecular weight is 288 g/mol. The third kappa shape index (κ3) is 4.48. The standard InChI is InChI=1S/C14H16ClF2NO/c15-11-6-7-13(19-14(16)17)10(8-11)9-18-12-4-2-1-3-5-12/h1-2,6-8,12,14,18H,3-5,9H2. The Kier molecular flexibility index (Phi) is 5.16. The molecule has 1 aromatic carbocycles. The molecule has 1 N–H and O–H groups in total. The summed E-state index contributed by atoms with van der Waals surface area (Å²) in [5, 5.41) is 3.86. The van der Waals surface area contributed by atoms with Crippen LogP contribution in [0, 0.1) is 0 Å². The topological polar surface area (TPSA) is 21.3 Å². The molecule has 1 aliphatic rings. The Hall–Kier alpha value is -1.13. The van der Waals surface area contributed by atoms with Crippen molar-refractivity contribution in [2.75, 3.05) is 0 Å². The first kappa shape index (κ1) is 14.3. The minimum absolute atomic E-state index is 0.179. The van der Waals surface area contributed by atoms with E-state index in [0.717, 1.165) is 19.3 Å². The number of nitrogens with one attached hydrogen (secondary N) is 1. The van der Waals surface area contributed by atoms with Crippen LogP contribution in [0.25, 0.3) is 0 Å². The molecule has 2 rings (SSSR count). The minimum atomic E-state index is -2.82. The van der Waals surface area contributed by atoms with Gasteiger partial charge in [-0.25, -0.2) is 0 Å². The monoisotopic (exact) mass is 287 g/mol. The van der Waals surface area contributed by atoms with Crippen LogP contribution in [0.15, 0.2) is 30.4 Å². The molecule has 0 amide bonds. The van der Waals surface area contributed by atoms with E-state index in [0.29, 0.717) is 23.2 Å². The average Bonchev–Trinajstić information content (AvgIpc) is 2.40. The summed E-state index contributed by atoms with van der Waals surface area (Å²) in [6.07, 6.45) is 7.36. The van der Waals surface area contributed by atoms with Gasteiger partial charge < -0.3 is 10.1 Å². The van der Waals surface area contributed by atoms with Gasteiger partial charge in [-0.2, -0.15) is 8.78 Å². The molecule has 1 aromatic rings. The van der Waals surface area contributed by atoms with Crippen molar-refractivity contribution in [2.24, 2.45) is 0 Å². The van der Waals surface area contributed by atoms with Crippen LogP contribution in [0.1, 0.15) is 24.8 Å². The summed E-state index contributed by atoms with van der Waals surface area (Å²) < 4.78 is 29.1. The molecular weight excluding hydrogens is 272 g/mol. The Labute approximate surface area is 116 Å². The first-order chi connectivity index (χ1) is 9.15. The van der Waals surface area contributed by atoms with Crippen molar-refractivity contribution >= 4 is 11.6 Å². The molecule has 104 valence electrons. The zero-order chi connectivity index (χ0) is 13.7. The molecule has 0 spiro atoms. The Morgan fingerprint density at radius 2 is 2.21 bits per heavy atom. The second kappa shape index (κ2) is 6.87. The minimum Gasteiger partial charge on any atom is -0.434 e. The maximum Gasteiger partial charge on any atom is 0.387 e. The summed E-state index contributed by atoms with van der Waals surface area (Å²) in [5.41, 5.74) is 0.655. The number of halogens is 3. The lowest BCUT2D eigenvalue weighted by Gasteiger charge is -2.20. The van der Waals surface area contributed by atoms with Gasteiger partial charge in [0, 0.05) is 23.2 Å². The molecule has 0 bridgehead atoms. The third-order valence-corrected chi connectivity index (χ3v) is 3.32. The molecule has 1 unspecified atom stereocenters. The van der Waals surface area contributed by atoms with E-state index in [1.807, 2.05) is 0 Å². The van der Waals surface area contributed by atoms with Crippen LogP contribution in [0.2, 0.25) is 5.02 Å². The predicted molar refractivity (Wildman–Crippen MR) is 71.7 cm³/mol. The SMILES string of the molecule is FC(F)Oc1ccc(Cl)cc1CNC1CC=CCC1. The zero-order valence-electron chi connectivity index (χ0n) is 10.4. The van der Waals surface area contributed by atoms with Crippen LogP contribution in [0.3, 0.4) is 0 Å². The van der Waals surface area contributed by atoms with E-state index < -0.39 is 6.61 Å². The molecule has 0 radical (unpaired) electrons. The van der Waals surface area contributed by atoms with Crippen molar-refractivity contribution in [1.29, 1.82) is 0 Å². The highest BCUT2D eigenvalue weighted by molar-refractivity contribution is 6.30. The van der Waals surface area contributed by atoms with Gasteiger partial charge in [-0.1, -0.05) is 23.8 Å². The fourth-order valence-corrected chi connectivity index (χ4v) is 2.33. The van der Waals surface area contributed by atoms with Gasteiger partial charge in [0.2, 0.25) is 0 Å². The second-order valence-electron chi connectivity index (χ2n) is 4.49. The van der Waals surface area contributed by atoms with Gasteiger partial charge >= 0.3 is 6.61 Å². The van der Waals surface area contributed by atoms with Crippen molar-refractivity contribution in [2.45, 2.75) is 38.5 Å². The molecule has 0 saturated heterocycles. The van der Waals surface area contributed by atoms with Crippen LogP contribution < -0.4 is 10.1 Å². The summed E-state index contributed by atoms with van der Waals surface area (Å²) in [7, 11) is 0. The van der Waals surface area contributed by atoms with Gasteiger partial charge in [0.25, 0.3) is 0 Å². The Morgan fingerprint density at radius 1 is 1.37 bits per heavy atom. The predicted octanol–water partition coefficient (Wildman–Crippen LogP) is 4.14. The summed E-state index contributed by atoms with van der Waals surface area (Å²) >= 11 is 5.89. The Bertz CT molecular complexity index is 451. The van der Waals surface area contributed by atoms with Crippen LogP contribution >= 0.6 is 11.6 Å². The first-order valence-corrected chi connectivity index (χ1v) is 6.64. The smallest absolute Gasteiger partial charge is 0.387 e. The van der Waals surface area contributed by atoms with E-state index in [4.69, 9.17) is 11.6 Å². The number of hydrogen-bond donors (Lipinski definition) is 1. The van der Waals surface area contributed by atoms with Gasteiger partial charge in [0.1, 0.15) is 5.75 Å². The second-order valence-corrected chi connectivity index (χ2v) is 4.93. The highest BCUT2D eigenvalue weighted by Crippen LogP contribution is 2.25. The van der Waals surface area contributed by atoms with E-state index >= 15 is 0 Å². The lowest BCUT2D eigenvalue weighted by atomic mass is 10.0. The number of benzene rings is 1. The molecule has 19 heavy (non-hydrogen) atoms. The van der Waals surface area contributed by atoms with E-state index in [-0.39, 0.29) is 5.75 Å². The van der Waals surface area contributed by atoms with Gasteiger partial charge in [-0.05, 0) is 37.5 Å². The van der Waals surface area contributed by atoms with Crippen LogP contribution in [0.5, 0.6) is 5.75 Å². The molecule has 5 heteroatoms. The highest BCUT2D eigenvalue weighted by atomic mass is 35.5. The number of rotatable bonds is 5. The summed E-state index contributed by atoms with van der Waals surface area (Å²) in [5.74, 6) is 0.179.